The number of ether oxygens (including phenoxy) is 2. The molecule has 3 aromatic carbocycles. The lowest BCUT2D eigenvalue weighted by Gasteiger charge is -2.07. The van der Waals surface area contributed by atoms with Gasteiger partial charge in [0.1, 0.15) is 5.75 Å². The van der Waals surface area contributed by atoms with Crippen molar-refractivity contribution < 1.29 is 9.47 Å². The van der Waals surface area contributed by atoms with Crippen LogP contribution in [0.2, 0.25) is 0 Å². The van der Waals surface area contributed by atoms with E-state index in [1.807, 2.05) is 54.6 Å². The fourth-order valence-electron chi connectivity index (χ4n) is 2.64. The molecule has 28 heavy (non-hydrogen) atoms. The summed E-state index contributed by atoms with van der Waals surface area (Å²) in [5.74, 6) is 1.18. The zero-order valence-corrected chi connectivity index (χ0v) is 16.0. The number of guanidine groups is 1. The average molecular weight is 375 g/mol. The van der Waals surface area contributed by atoms with Crippen LogP contribution in [0.4, 0.5) is 5.69 Å². The maximum atomic E-state index is 5.96. The second-order valence-electron chi connectivity index (χ2n) is 6.35. The number of nitrogens with two attached hydrogens (primary N) is 1. The minimum absolute atomic E-state index is 0.375. The fourth-order valence-corrected chi connectivity index (χ4v) is 2.64. The normalized spacial score (nSPS) is 11.2. The van der Waals surface area contributed by atoms with Crippen molar-refractivity contribution in [2.75, 3.05) is 12.4 Å². The van der Waals surface area contributed by atoms with E-state index in [0.29, 0.717) is 25.7 Å². The van der Waals surface area contributed by atoms with Gasteiger partial charge in [0.25, 0.3) is 0 Å². The van der Waals surface area contributed by atoms with Crippen molar-refractivity contribution in [3.05, 3.63) is 95.6 Å². The Morgan fingerprint density at radius 2 is 1.43 bits per heavy atom. The van der Waals surface area contributed by atoms with Crippen LogP contribution in [0.3, 0.4) is 0 Å². The van der Waals surface area contributed by atoms with Crippen molar-refractivity contribution in [1.82, 2.24) is 0 Å². The molecule has 0 aliphatic heterocycles. The van der Waals surface area contributed by atoms with Crippen molar-refractivity contribution >= 4 is 11.6 Å². The molecular formula is C23H25N3O2. The number of methoxy groups -OCH3 is 1. The monoisotopic (exact) mass is 375 g/mol. The maximum absolute atomic E-state index is 5.96. The number of nitrogens with one attached hydrogen (secondary N) is 1. The molecule has 144 valence electrons. The summed E-state index contributed by atoms with van der Waals surface area (Å²) >= 11 is 0. The summed E-state index contributed by atoms with van der Waals surface area (Å²) in [4.78, 5) is 4.38. The minimum Gasteiger partial charge on any atom is -0.497 e. The smallest absolute Gasteiger partial charge is 0.193 e. The minimum atomic E-state index is 0.375. The SMILES string of the molecule is COc1ccc(NC(N)=NCc2ccc(COCc3ccccc3)cc2)cc1. The summed E-state index contributed by atoms with van der Waals surface area (Å²) in [5, 5.41) is 3.07. The van der Waals surface area contributed by atoms with Crippen LogP contribution in [0.5, 0.6) is 5.75 Å². The number of rotatable bonds is 8. The molecule has 0 radical (unpaired) electrons. The van der Waals surface area contributed by atoms with Gasteiger partial charge in [-0.2, -0.15) is 0 Å². The van der Waals surface area contributed by atoms with Crippen LogP contribution in [-0.4, -0.2) is 13.1 Å². The Kier molecular flexibility index (Phi) is 7.04. The summed E-state index contributed by atoms with van der Waals surface area (Å²) < 4.78 is 10.9. The van der Waals surface area contributed by atoms with E-state index in [2.05, 4.69) is 34.6 Å². The standard InChI is InChI=1S/C23H25N3O2/c1-27-22-13-11-21(12-14-22)26-23(24)25-15-18-7-9-20(10-8-18)17-28-16-19-5-3-2-4-6-19/h2-14H,15-17H2,1H3,(H3,24,25,26). The Morgan fingerprint density at radius 3 is 2.07 bits per heavy atom. The molecule has 0 unspecified atom stereocenters. The van der Waals surface area contributed by atoms with Gasteiger partial charge < -0.3 is 20.5 Å². The van der Waals surface area contributed by atoms with E-state index in [9.17, 15) is 0 Å². The van der Waals surface area contributed by atoms with Gasteiger partial charge in [0, 0.05) is 5.69 Å². The van der Waals surface area contributed by atoms with Crippen LogP contribution in [-0.2, 0) is 24.5 Å². The van der Waals surface area contributed by atoms with Gasteiger partial charge in [0.2, 0.25) is 0 Å². The number of hydrogen-bond donors (Lipinski definition) is 2. The van der Waals surface area contributed by atoms with Crippen LogP contribution in [0, 0.1) is 0 Å². The Labute approximate surface area is 165 Å². The van der Waals surface area contributed by atoms with Crippen LogP contribution in [0.1, 0.15) is 16.7 Å². The molecule has 0 spiro atoms. The van der Waals surface area contributed by atoms with E-state index >= 15 is 0 Å². The third kappa shape index (κ3) is 6.14. The van der Waals surface area contributed by atoms with Gasteiger partial charge in [0.05, 0.1) is 26.9 Å². The van der Waals surface area contributed by atoms with Gasteiger partial charge in [-0.25, -0.2) is 4.99 Å². The maximum Gasteiger partial charge on any atom is 0.193 e. The first kappa shape index (κ1) is 19.5. The second-order valence-corrected chi connectivity index (χ2v) is 6.35. The zero-order chi connectivity index (χ0) is 19.6. The second kappa shape index (κ2) is 10.1. The van der Waals surface area contributed by atoms with Gasteiger partial charge in [-0.1, -0.05) is 54.6 Å². The molecule has 0 saturated heterocycles. The Hall–Kier alpha value is -3.31. The summed E-state index contributed by atoms with van der Waals surface area (Å²) in [6, 6.07) is 25.9. The highest BCUT2D eigenvalue weighted by Gasteiger charge is 1.99. The predicted octanol–water partition coefficient (Wildman–Crippen LogP) is 4.34. The van der Waals surface area contributed by atoms with E-state index in [-0.39, 0.29) is 0 Å². The number of hydrogen-bond acceptors (Lipinski definition) is 3. The first-order valence-electron chi connectivity index (χ1n) is 9.13. The van der Waals surface area contributed by atoms with E-state index in [1.165, 1.54) is 5.56 Å². The molecule has 5 nitrogen and oxygen atoms in total. The molecule has 0 aliphatic rings. The Bertz CT molecular complexity index is 876. The summed E-state index contributed by atoms with van der Waals surface area (Å²) in [5.41, 5.74) is 10.2. The Morgan fingerprint density at radius 1 is 0.821 bits per heavy atom. The number of benzene rings is 3. The van der Waals surface area contributed by atoms with Crippen molar-refractivity contribution in [2.45, 2.75) is 19.8 Å². The van der Waals surface area contributed by atoms with Crippen molar-refractivity contribution in [3.63, 3.8) is 0 Å². The summed E-state index contributed by atoms with van der Waals surface area (Å²) in [6.45, 7) is 1.71. The van der Waals surface area contributed by atoms with Crippen molar-refractivity contribution in [1.29, 1.82) is 0 Å². The lowest BCUT2D eigenvalue weighted by Crippen LogP contribution is -2.22. The highest BCUT2D eigenvalue weighted by atomic mass is 16.5. The molecule has 0 saturated carbocycles. The van der Waals surface area contributed by atoms with Crippen LogP contribution in [0.25, 0.3) is 0 Å². The van der Waals surface area contributed by atoms with Gasteiger partial charge in [-0.15, -0.1) is 0 Å². The Balaban J connectivity index is 1.45. The van der Waals surface area contributed by atoms with Gasteiger partial charge in [0.15, 0.2) is 5.96 Å². The molecule has 0 aromatic heterocycles. The van der Waals surface area contributed by atoms with Crippen LogP contribution in [0.15, 0.2) is 83.9 Å². The molecule has 0 aliphatic carbocycles. The predicted molar refractivity (Wildman–Crippen MR) is 113 cm³/mol. The van der Waals surface area contributed by atoms with Gasteiger partial charge in [-0.3, -0.25) is 0 Å². The molecule has 0 amide bonds. The van der Waals surface area contributed by atoms with E-state index < -0.39 is 0 Å². The molecule has 3 rings (SSSR count). The molecule has 0 fully saturated rings. The lowest BCUT2D eigenvalue weighted by atomic mass is 10.1. The third-order valence-corrected chi connectivity index (χ3v) is 4.20. The number of anilines is 1. The molecule has 3 aromatic rings. The van der Waals surface area contributed by atoms with Gasteiger partial charge >= 0.3 is 0 Å². The largest absolute Gasteiger partial charge is 0.497 e. The van der Waals surface area contributed by atoms with E-state index in [4.69, 9.17) is 15.2 Å². The number of aliphatic imine (C=N–C) groups is 1. The third-order valence-electron chi connectivity index (χ3n) is 4.20. The molecule has 5 heteroatoms. The lowest BCUT2D eigenvalue weighted by molar-refractivity contribution is 0.107. The first-order chi connectivity index (χ1) is 13.7. The van der Waals surface area contributed by atoms with E-state index in [0.717, 1.165) is 22.6 Å². The van der Waals surface area contributed by atoms with Crippen molar-refractivity contribution in [2.24, 2.45) is 10.7 Å². The molecule has 3 N–H and O–H groups in total. The zero-order valence-electron chi connectivity index (χ0n) is 16.0. The molecule has 0 bridgehead atoms. The quantitative estimate of drug-likeness (QED) is 0.454. The van der Waals surface area contributed by atoms with E-state index in [1.54, 1.807) is 7.11 Å². The molecule has 0 heterocycles. The molecular weight excluding hydrogens is 350 g/mol. The molecule has 0 atom stereocenters. The number of nitrogens with zero attached hydrogens (tertiary/aromatic N) is 1. The summed E-state index contributed by atoms with van der Waals surface area (Å²) in [7, 11) is 1.64. The average Bonchev–Trinajstić information content (AvgIpc) is 2.74. The van der Waals surface area contributed by atoms with Crippen LogP contribution < -0.4 is 15.8 Å². The highest BCUT2D eigenvalue weighted by molar-refractivity contribution is 5.92. The van der Waals surface area contributed by atoms with Crippen molar-refractivity contribution in [3.8, 4) is 5.75 Å². The summed E-state index contributed by atoms with van der Waals surface area (Å²) in [6.07, 6.45) is 0. The topological polar surface area (TPSA) is 68.9 Å². The van der Waals surface area contributed by atoms with Crippen LogP contribution >= 0.6 is 0 Å². The first-order valence-corrected chi connectivity index (χ1v) is 9.13. The fraction of sp³-hybridized carbons (Fsp3) is 0.174. The highest BCUT2D eigenvalue weighted by Crippen LogP contribution is 2.15. The van der Waals surface area contributed by atoms with Gasteiger partial charge in [-0.05, 0) is 41.0 Å².